The summed E-state index contributed by atoms with van der Waals surface area (Å²) in [5.74, 6) is -0.836. The van der Waals surface area contributed by atoms with Crippen LogP contribution in [0.2, 0.25) is 0 Å². The van der Waals surface area contributed by atoms with Crippen molar-refractivity contribution in [2.75, 3.05) is 0 Å². The zero-order chi connectivity index (χ0) is 15.2. The Hall–Kier alpha value is -1.38. The van der Waals surface area contributed by atoms with Gasteiger partial charge in [-0.15, -0.1) is 0 Å². The first-order valence-electron chi connectivity index (χ1n) is 6.71. The van der Waals surface area contributed by atoms with Gasteiger partial charge >= 0.3 is 11.9 Å². The summed E-state index contributed by atoms with van der Waals surface area (Å²) in [7, 11) is 0. The summed E-state index contributed by atoms with van der Waals surface area (Å²) >= 11 is 0. The SMILES string of the molecule is CCC(C)C=C(C)C(=O)OC(=O)C(C)=CC(C)(C)C. The minimum atomic E-state index is -0.572. The molecule has 1 unspecified atom stereocenters. The summed E-state index contributed by atoms with van der Waals surface area (Å²) in [6.07, 6.45) is 4.58. The average Bonchev–Trinajstić information content (AvgIpc) is 2.26. The third kappa shape index (κ3) is 7.60. The first-order chi connectivity index (χ1) is 8.56. The van der Waals surface area contributed by atoms with Crippen molar-refractivity contribution in [3.05, 3.63) is 23.3 Å². The van der Waals surface area contributed by atoms with E-state index < -0.39 is 11.9 Å². The molecule has 1 atom stereocenters. The lowest BCUT2D eigenvalue weighted by Crippen LogP contribution is -2.16. The molecular weight excluding hydrogens is 240 g/mol. The van der Waals surface area contributed by atoms with Crippen LogP contribution in [0.15, 0.2) is 23.3 Å². The van der Waals surface area contributed by atoms with Crippen LogP contribution in [0.1, 0.15) is 54.9 Å². The quantitative estimate of drug-likeness (QED) is 0.438. The van der Waals surface area contributed by atoms with Gasteiger partial charge in [0.05, 0.1) is 0 Å². The molecule has 0 amide bonds. The Kier molecular flexibility index (Phi) is 6.74. The van der Waals surface area contributed by atoms with Gasteiger partial charge in [-0.05, 0) is 25.2 Å². The van der Waals surface area contributed by atoms with Gasteiger partial charge in [-0.1, -0.05) is 53.2 Å². The average molecular weight is 266 g/mol. The molecule has 0 saturated carbocycles. The van der Waals surface area contributed by atoms with Crippen molar-refractivity contribution < 1.29 is 14.3 Å². The van der Waals surface area contributed by atoms with E-state index in [1.165, 1.54) is 0 Å². The molecule has 0 aliphatic carbocycles. The molecule has 0 saturated heterocycles. The van der Waals surface area contributed by atoms with Gasteiger partial charge in [-0.2, -0.15) is 0 Å². The number of rotatable bonds is 4. The number of hydrogen-bond donors (Lipinski definition) is 0. The predicted octanol–water partition coefficient (Wildman–Crippen LogP) is 4.04. The van der Waals surface area contributed by atoms with Crippen LogP contribution in [0.5, 0.6) is 0 Å². The van der Waals surface area contributed by atoms with E-state index >= 15 is 0 Å². The van der Waals surface area contributed by atoms with Crippen LogP contribution in [0, 0.1) is 11.3 Å². The second-order valence-corrected chi connectivity index (χ2v) is 6.11. The van der Waals surface area contributed by atoms with Crippen LogP contribution in [-0.4, -0.2) is 11.9 Å². The van der Waals surface area contributed by atoms with Gasteiger partial charge in [0.25, 0.3) is 0 Å². The zero-order valence-corrected chi connectivity index (χ0v) is 13.2. The van der Waals surface area contributed by atoms with Crippen molar-refractivity contribution in [2.45, 2.75) is 54.9 Å². The largest absolute Gasteiger partial charge is 0.386 e. The lowest BCUT2D eigenvalue weighted by molar-refractivity contribution is -0.154. The Morgan fingerprint density at radius 2 is 1.58 bits per heavy atom. The highest BCUT2D eigenvalue weighted by atomic mass is 16.6. The molecule has 0 aromatic rings. The second kappa shape index (κ2) is 7.27. The lowest BCUT2D eigenvalue weighted by Gasteiger charge is -2.13. The van der Waals surface area contributed by atoms with Crippen LogP contribution in [-0.2, 0) is 14.3 Å². The molecule has 3 heteroatoms. The fraction of sp³-hybridized carbons (Fsp3) is 0.625. The molecule has 0 fully saturated rings. The fourth-order valence-corrected chi connectivity index (χ4v) is 1.57. The number of carbonyl (C=O) groups is 2. The van der Waals surface area contributed by atoms with Crippen LogP contribution in [0.4, 0.5) is 0 Å². The van der Waals surface area contributed by atoms with E-state index in [0.717, 1.165) is 6.42 Å². The van der Waals surface area contributed by atoms with Gasteiger partial charge in [0.1, 0.15) is 0 Å². The first-order valence-corrected chi connectivity index (χ1v) is 6.71. The molecule has 0 heterocycles. The highest BCUT2D eigenvalue weighted by Gasteiger charge is 2.16. The standard InChI is InChI=1S/C16H26O3/c1-8-11(2)9-12(3)14(17)19-15(18)13(4)10-16(5,6)7/h9-11H,8H2,1-7H3. The summed E-state index contributed by atoms with van der Waals surface area (Å²) in [5, 5.41) is 0. The van der Waals surface area contributed by atoms with Gasteiger partial charge in [-0.3, -0.25) is 0 Å². The Labute approximate surface area is 116 Å². The third-order valence-electron chi connectivity index (χ3n) is 2.66. The van der Waals surface area contributed by atoms with Crippen molar-refractivity contribution >= 4 is 11.9 Å². The number of allylic oxidation sites excluding steroid dienone is 2. The maximum Gasteiger partial charge on any atom is 0.341 e. The van der Waals surface area contributed by atoms with Gasteiger partial charge in [0.2, 0.25) is 0 Å². The van der Waals surface area contributed by atoms with Crippen molar-refractivity contribution in [3.8, 4) is 0 Å². The van der Waals surface area contributed by atoms with Crippen molar-refractivity contribution in [1.82, 2.24) is 0 Å². The maximum atomic E-state index is 11.8. The molecular formula is C16H26O3. The van der Waals surface area contributed by atoms with Gasteiger partial charge in [0, 0.05) is 11.1 Å². The van der Waals surface area contributed by atoms with Crippen LogP contribution in [0.3, 0.4) is 0 Å². The second-order valence-electron chi connectivity index (χ2n) is 6.11. The van der Waals surface area contributed by atoms with E-state index in [-0.39, 0.29) is 5.41 Å². The van der Waals surface area contributed by atoms with E-state index in [1.807, 2.05) is 40.7 Å². The molecule has 0 aromatic heterocycles. The van der Waals surface area contributed by atoms with Crippen LogP contribution >= 0.6 is 0 Å². The van der Waals surface area contributed by atoms with Crippen LogP contribution < -0.4 is 0 Å². The Morgan fingerprint density at radius 3 is 2.00 bits per heavy atom. The molecule has 0 aliphatic rings. The summed E-state index contributed by atoms with van der Waals surface area (Å²) in [4.78, 5) is 23.5. The zero-order valence-electron chi connectivity index (χ0n) is 13.2. The molecule has 19 heavy (non-hydrogen) atoms. The summed E-state index contributed by atoms with van der Waals surface area (Å²) in [5.41, 5.74) is 0.816. The topological polar surface area (TPSA) is 43.4 Å². The Bertz CT molecular complexity index is 395. The molecule has 0 bridgehead atoms. The number of carbonyl (C=O) groups excluding carboxylic acids is 2. The smallest absolute Gasteiger partial charge is 0.341 e. The fourth-order valence-electron chi connectivity index (χ4n) is 1.57. The van der Waals surface area contributed by atoms with E-state index in [0.29, 0.717) is 17.1 Å². The molecule has 0 N–H and O–H groups in total. The minimum Gasteiger partial charge on any atom is -0.386 e. The lowest BCUT2D eigenvalue weighted by atomic mass is 9.94. The monoisotopic (exact) mass is 266 g/mol. The maximum absolute atomic E-state index is 11.8. The molecule has 108 valence electrons. The highest BCUT2D eigenvalue weighted by Crippen LogP contribution is 2.18. The van der Waals surface area contributed by atoms with Crippen molar-refractivity contribution in [3.63, 3.8) is 0 Å². The summed E-state index contributed by atoms with van der Waals surface area (Å²) in [6, 6.07) is 0. The molecule has 0 rings (SSSR count). The first kappa shape index (κ1) is 17.6. The van der Waals surface area contributed by atoms with Crippen LogP contribution in [0.25, 0.3) is 0 Å². The number of ether oxygens (including phenoxy) is 1. The number of esters is 2. The van der Waals surface area contributed by atoms with Gasteiger partial charge in [-0.25, -0.2) is 9.59 Å². The summed E-state index contributed by atoms with van der Waals surface area (Å²) in [6.45, 7) is 13.3. The van der Waals surface area contributed by atoms with E-state index in [4.69, 9.17) is 4.74 Å². The summed E-state index contributed by atoms with van der Waals surface area (Å²) < 4.78 is 4.85. The predicted molar refractivity (Wildman–Crippen MR) is 77.5 cm³/mol. The normalized spacial score (nSPS) is 15.1. The van der Waals surface area contributed by atoms with Crippen molar-refractivity contribution in [1.29, 1.82) is 0 Å². The minimum absolute atomic E-state index is 0.117. The molecule has 0 aromatic carbocycles. The molecule has 0 radical (unpaired) electrons. The van der Waals surface area contributed by atoms with Gasteiger partial charge in [0.15, 0.2) is 0 Å². The third-order valence-corrected chi connectivity index (χ3v) is 2.66. The Morgan fingerprint density at radius 1 is 1.11 bits per heavy atom. The number of hydrogen-bond acceptors (Lipinski definition) is 3. The van der Waals surface area contributed by atoms with Gasteiger partial charge < -0.3 is 4.74 Å². The van der Waals surface area contributed by atoms with E-state index in [1.54, 1.807) is 19.9 Å². The van der Waals surface area contributed by atoms with E-state index in [2.05, 4.69) is 0 Å². The Balaban J connectivity index is 4.71. The highest BCUT2D eigenvalue weighted by molar-refractivity contribution is 6.01. The van der Waals surface area contributed by atoms with Crippen molar-refractivity contribution in [2.24, 2.45) is 11.3 Å². The molecule has 3 nitrogen and oxygen atoms in total. The van der Waals surface area contributed by atoms with E-state index in [9.17, 15) is 9.59 Å². The molecule has 0 spiro atoms. The molecule has 0 aliphatic heterocycles.